The van der Waals surface area contributed by atoms with E-state index >= 15 is 0 Å². The van der Waals surface area contributed by atoms with Crippen LogP contribution in [0.1, 0.15) is 23.6 Å². The van der Waals surface area contributed by atoms with Gasteiger partial charge in [0, 0.05) is 23.8 Å². The summed E-state index contributed by atoms with van der Waals surface area (Å²) in [4.78, 5) is 17.3. The molecule has 3 aromatic rings. The fourth-order valence-corrected chi connectivity index (χ4v) is 2.88. The van der Waals surface area contributed by atoms with Crippen LogP contribution in [0.3, 0.4) is 0 Å². The molecule has 2 aromatic heterocycles. The third-order valence-electron chi connectivity index (χ3n) is 3.26. The first-order valence-electron chi connectivity index (χ1n) is 7.34. The molecule has 0 aliphatic rings. The predicted octanol–water partition coefficient (Wildman–Crippen LogP) is 4.03. The Bertz CT molecular complexity index is 764. The summed E-state index contributed by atoms with van der Waals surface area (Å²) >= 11 is 1.71. The Morgan fingerprint density at radius 1 is 1.26 bits per heavy atom. The molecule has 0 fully saturated rings. The van der Waals surface area contributed by atoms with E-state index in [0.717, 1.165) is 18.4 Å². The maximum atomic E-state index is 11.8. The van der Waals surface area contributed by atoms with Crippen molar-refractivity contribution in [1.29, 1.82) is 0 Å². The van der Waals surface area contributed by atoms with Crippen molar-refractivity contribution in [3.8, 4) is 17.1 Å². The van der Waals surface area contributed by atoms with E-state index in [1.807, 2.05) is 11.4 Å². The van der Waals surface area contributed by atoms with Gasteiger partial charge in [-0.25, -0.2) is 0 Å². The number of carbonyl (C=O) groups is 1. The van der Waals surface area contributed by atoms with Crippen molar-refractivity contribution in [1.82, 2.24) is 10.1 Å². The lowest BCUT2D eigenvalue weighted by atomic mass is 10.2. The first-order chi connectivity index (χ1) is 11.2. The van der Waals surface area contributed by atoms with Gasteiger partial charge in [0.15, 0.2) is 0 Å². The molecule has 0 bridgehead atoms. The smallest absolute Gasteiger partial charge is 0.311 e. The van der Waals surface area contributed by atoms with E-state index < -0.39 is 0 Å². The normalized spacial score (nSPS) is 10.7. The van der Waals surface area contributed by atoms with Crippen molar-refractivity contribution in [3.63, 3.8) is 0 Å². The number of thiophene rings is 1. The van der Waals surface area contributed by atoms with E-state index in [1.165, 1.54) is 4.88 Å². The van der Waals surface area contributed by atoms with Crippen LogP contribution >= 0.6 is 11.3 Å². The maximum absolute atomic E-state index is 11.8. The van der Waals surface area contributed by atoms with Crippen LogP contribution < -0.4 is 4.74 Å². The molecule has 0 aliphatic carbocycles. The van der Waals surface area contributed by atoms with Crippen molar-refractivity contribution in [2.45, 2.75) is 26.2 Å². The molecule has 0 amide bonds. The number of benzene rings is 1. The summed E-state index contributed by atoms with van der Waals surface area (Å²) < 4.78 is 10.3. The molecular formula is C17H16N2O3S. The van der Waals surface area contributed by atoms with E-state index in [-0.39, 0.29) is 5.97 Å². The molecule has 0 spiro atoms. The Labute approximate surface area is 137 Å². The maximum Gasteiger partial charge on any atom is 0.311 e. The summed E-state index contributed by atoms with van der Waals surface area (Å²) in [5.41, 5.74) is 0.819. The van der Waals surface area contributed by atoms with Gasteiger partial charge in [-0.1, -0.05) is 11.2 Å². The fourth-order valence-electron chi connectivity index (χ4n) is 2.13. The highest BCUT2D eigenvalue weighted by molar-refractivity contribution is 7.09. The van der Waals surface area contributed by atoms with Crippen LogP contribution in [0, 0.1) is 6.92 Å². The average molecular weight is 328 g/mol. The number of hydrogen-bond acceptors (Lipinski definition) is 6. The molecule has 5 nitrogen and oxygen atoms in total. The number of esters is 1. The van der Waals surface area contributed by atoms with Crippen LogP contribution in [-0.4, -0.2) is 16.1 Å². The summed E-state index contributed by atoms with van der Waals surface area (Å²) in [5, 5.41) is 5.89. The highest BCUT2D eigenvalue weighted by Crippen LogP contribution is 2.20. The van der Waals surface area contributed by atoms with Crippen LogP contribution in [0.15, 0.2) is 46.3 Å². The number of aromatic nitrogens is 2. The fraction of sp³-hybridized carbons (Fsp3) is 0.235. The zero-order valence-electron chi connectivity index (χ0n) is 12.7. The molecule has 0 N–H and O–H groups in total. The molecule has 0 radical (unpaired) electrons. The summed E-state index contributed by atoms with van der Waals surface area (Å²) in [6.07, 6.45) is 2.10. The van der Waals surface area contributed by atoms with Gasteiger partial charge in [-0.15, -0.1) is 11.3 Å². The third-order valence-corrected chi connectivity index (χ3v) is 4.19. The van der Waals surface area contributed by atoms with E-state index in [0.29, 0.717) is 23.9 Å². The molecule has 0 unspecified atom stereocenters. The van der Waals surface area contributed by atoms with Crippen LogP contribution in [0.2, 0.25) is 0 Å². The summed E-state index contributed by atoms with van der Waals surface area (Å²) in [7, 11) is 0. The van der Waals surface area contributed by atoms with Gasteiger partial charge in [-0.05, 0) is 48.6 Å². The molecule has 0 atom stereocenters. The molecule has 2 heterocycles. The lowest BCUT2D eigenvalue weighted by molar-refractivity contribution is -0.134. The van der Waals surface area contributed by atoms with Crippen LogP contribution in [-0.2, 0) is 11.2 Å². The van der Waals surface area contributed by atoms with Crippen molar-refractivity contribution < 1.29 is 14.1 Å². The average Bonchev–Trinajstić information content (AvgIpc) is 3.20. The van der Waals surface area contributed by atoms with Crippen LogP contribution in [0.25, 0.3) is 11.4 Å². The van der Waals surface area contributed by atoms with Gasteiger partial charge in [0.05, 0.1) is 0 Å². The largest absolute Gasteiger partial charge is 0.427 e. The number of nitrogens with zero attached hydrogens (tertiary/aromatic N) is 2. The van der Waals surface area contributed by atoms with Gasteiger partial charge >= 0.3 is 5.97 Å². The Morgan fingerprint density at radius 3 is 2.74 bits per heavy atom. The second-order valence-electron chi connectivity index (χ2n) is 5.07. The minimum absolute atomic E-state index is 0.218. The van der Waals surface area contributed by atoms with Crippen molar-refractivity contribution in [2.75, 3.05) is 0 Å². The van der Waals surface area contributed by atoms with Crippen molar-refractivity contribution in [2.24, 2.45) is 0 Å². The Morgan fingerprint density at radius 2 is 2.09 bits per heavy atom. The quantitative estimate of drug-likeness (QED) is 0.505. The van der Waals surface area contributed by atoms with Crippen LogP contribution in [0.4, 0.5) is 0 Å². The number of rotatable bonds is 6. The Hall–Kier alpha value is -2.47. The summed E-state index contributed by atoms with van der Waals surface area (Å²) in [6, 6.07) is 11.2. The van der Waals surface area contributed by atoms with Gasteiger partial charge in [0.2, 0.25) is 11.7 Å². The molecule has 1 aromatic carbocycles. The lowest BCUT2D eigenvalue weighted by Crippen LogP contribution is -2.07. The predicted molar refractivity (Wildman–Crippen MR) is 87.4 cm³/mol. The first kappa shape index (κ1) is 15.4. The third kappa shape index (κ3) is 4.26. The monoisotopic (exact) mass is 328 g/mol. The molecule has 0 aliphatic heterocycles. The lowest BCUT2D eigenvalue weighted by Gasteiger charge is -2.04. The van der Waals surface area contributed by atoms with E-state index in [9.17, 15) is 4.79 Å². The highest BCUT2D eigenvalue weighted by Gasteiger charge is 2.08. The zero-order valence-corrected chi connectivity index (χ0v) is 13.5. The molecule has 23 heavy (non-hydrogen) atoms. The summed E-state index contributed by atoms with van der Waals surface area (Å²) in [5.74, 6) is 1.34. The van der Waals surface area contributed by atoms with Gasteiger partial charge in [0.1, 0.15) is 5.75 Å². The van der Waals surface area contributed by atoms with E-state index in [4.69, 9.17) is 9.26 Å². The second kappa shape index (κ2) is 7.19. The molecule has 0 saturated heterocycles. The minimum Gasteiger partial charge on any atom is -0.427 e. The molecule has 6 heteroatoms. The van der Waals surface area contributed by atoms with Crippen molar-refractivity contribution >= 4 is 17.3 Å². The van der Waals surface area contributed by atoms with Gasteiger partial charge in [-0.2, -0.15) is 4.98 Å². The highest BCUT2D eigenvalue weighted by atomic mass is 32.1. The minimum atomic E-state index is -0.218. The van der Waals surface area contributed by atoms with Crippen LogP contribution in [0.5, 0.6) is 5.75 Å². The van der Waals surface area contributed by atoms with E-state index in [1.54, 1.807) is 42.5 Å². The Kier molecular flexibility index (Phi) is 4.83. The topological polar surface area (TPSA) is 65.2 Å². The molecule has 3 rings (SSSR count). The summed E-state index contributed by atoms with van der Waals surface area (Å²) in [6.45, 7) is 1.74. The van der Waals surface area contributed by atoms with E-state index in [2.05, 4.69) is 16.2 Å². The molecule has 118 valence electrons. The molecule has 0 saturated carbocycles. The second-order valence-corrected chi connectivity index (χ2v) is 6.10. The number of ether oxygens (including phenoxy) is 1. The van der Waals surface area contributed by atoms with Gasteiger partial charge in [0.25, 0.3) is 0 Å². The standard InChI is InChI=1S/C17H16N2O3S/c1-12-18-17(19-22-12)13-7-9-14(10-8-13)21-16(20)6-2-4-15-5-3-11-23-15/h3,5,7-11H,2,4,6H2,1H3. The number of hydrogen-bond donors (Lipinski definition) is 0. The number of carbonyl (C=O) groups excluding carboxylic acids is 1. The first-order valence-corrected chi connectivity index (χ1v) is 8.22. The molecular weight excluding hydrogens is 312 g/mol. The van der Waals surface area contributed by atoms with Gasteiger partial charge in [-0.3, -0.25) is 4.79 Å². The number of aryl methyl sites for hydroxylation is 2. The zero-order chi connectivity index (χ0) is 16.1. The SMILES string of the molecule is Cc1nc(-c2ccc(OC(=O)CCCc3cccs3)cc2)no1. The Balaban J connectivity index is 1.50. The van der Waals surface area contributed by atoms with Gasteiger partial charge < -0.3 is 9.26 Å². The van der Waals surface area contributed by atoms with Crippen molar-refractivity contribution in [3.05, 3.63) is 52.5 Å².